The van der Waals surface area contributed by atoms with Gasteiger partial charge in [-0.25, -0.2) is 8.42 Å². The number of hydrogen-bond donors (Lipinski definition) is 0. The van der Waals surface area contributed by atoms with Gasteiger partial charge in [0.2, 0.25) is 10.0 Å². The Morgan fingerprint density at radius 1 is 1.07 bits per heavy atom. The summed E-state index contributed by atoms with van der Waals surface area (Å²) in [5.41, 5.74) is 1.21. The minimum absolute atomic E-state index is 0.00193. The van der Waals surface area contributed by atoms with E-state index in [1.54, 1.807) is 42.5 Å². The maximum Gasteiger partial charge on any atom is 0.244 e. The molecule has 1 atom stereocenters. The Morgan fingerprint density at radius 2 is 1.71 bits per heavy atom. The zero-order chi connectivity index (χ0) is 20.6. The first-order valence-corrected chi connectivity index (χ1v) is 9.84. The van der Waals surface area contributed by atoms with Crippen LogP contribution in [-0.2, 0) is 10.0 Å². The third kappa shape index (κ3) is 4.44. The molecule has 0 aliphatic carbocycles. The smallest absolute Gasteiger partial charge is 0.207 e. The molecule has 0 aliphatic rings. The summed E-state index contributed by atoms with van der Waals surface area (Å²) in [4.78, 5) is 0.117. The lowest BCUT2D eigenvalue weighted by Gasteiger charge is -2.30. The van der Waals surface area contributed by atoms with Crippen LogP contribution in [0.1, 0.15) is 17.2 Å². The van der Waals surface area contributed by atoms with E-state index in [2.05, 4.69) is 19.2 Å². The van der Waals surface area contributed by atoms with E-state index < -0.39 is 16.1 Å². The molecule has 0 spiro atoms. The summed E-state index contributed by atoms with van der Waals surface area (Å²) in [5, 5.41) is 18.7. The topological polar surface area (TPSA) is 85.0 Å². The van der Waals surface area contributed by atoms with E-state index in [0.717, 1.165) is 0 Å². The second kappa shape index (κ2) is 9.48. The Hall–Kier alpha value is -3.45. The van der Waals surface area contributed by atoms with Crippen molar-refractivity contribution in [2.45, 2.75) is 10.9 Å². The number of sulfonamides is 1. The highest BCUT2D eigenvalue weighted by atomic mass is 32.2. The summed E-state index contributed by atoms with van der Waals surface area (Å²) in [5.74, 6) is 0. The van der Waals surface area contributed by atoms with Gasteiger partial charge in [0.1, 0.15) is 0 Å². The summed E-state index contributed by atoms with van der Waals surface area (Å²) in [6.45, 7) is 7.29. The molecule has 0 heterocycles. The van der Waals surface area contributed by atoms with Gasteiger partial charge < -0.3 is 0 Å². The second-order valence-electron chi connectivity index (χ2n) is 5.78. The molecule has 2 aromatic carbocycles. The molecule has 2 rings (SSSR count). The van der Waals surface area contributed by atoms with Crippen molar-refractivity contribution in [3.8, 4) is 12.1 Å². The lowest BCUT2D eigenvalue weighted by molar-refractivity contribution is 0.390. The van der Waals surface area contributed by atoms with Crippen LogP contribution in [0.5, 0.6) is 0 Å². The van der Waals surface area contributed by atoms with Crippen LogP contribution in [0.4, 0.5) is 0 Å². The first kappa shape index (κ1) is 20.9. The lowest BCUT2D eigenvalue weighted by Crippen LogP contribution is -2.36. The number of nitrogens with zero attached hydrogens (tertiary/aromatic N) is 3. The fraction of sp³-hybridized carbons (Fsp3) is 0.0909. The van der Waals surface area contributed by atoms with Crippen LogP contribution >= 0.6 is 0 Å². The van der Waals surface area contributed by atoms with Gasteiger partial charge in [0.15, 0.2) is 0 Å². The van der Waals surface area contributed by atoms with Crippen molar-refractivity contribution >= 4 is 10.0 Å². The fourth-order valence-corrected chi connectivity index (χ4v) is 4.34. The first-order chi connectivity index (χ1) is 13.5. The lowest BCUT2D eigenvalue weighted by atomic mass is 9.98. The van der Waals surface area contributed by atoms with Gasteiger partial charge in [-0.1, -0.05) is 49.1 Å². The molecule has 0 N–H and O–H groups in total. The van der Waals surface area contributed by atoms with Gasteiger partial charge in [-0.3, -0.25) is 0 Å². The normalized spacial score (nSPS) is 12.6. The summed E-state index contributed by atoms with van der Waals surface area (Å²) in [6.07, 6.45) is 4.40. The summed E-state index contributed by atoms with van der Waals surface area (Å²) >= 11 is 0. The average molecular weight is 389 g/mol. The molecule has 140 valence electrons. The molecule has 0 aromatic heterocycles. The number of benzene rings is 2. The highest BCUT2D eigenvalue weighted by Gasteiger charge is 2.34. The van der Waals surface area contributed by atoms with E-state index in [1.165, 1.54) is 34.7 Å². The predicted octanol–water partition coefficient (Wildman–Crippen LogP) is 4.11. The molecule has 0 radical (unpaired) electrons. The first-order valence-electron chi connectivity index (χ1n) is 8.40. The Labute approximate surface area is 165 Å². The number of nitriles is 2. The largest absolute Gasteiger partial charge is 0.244 e. The Kier molecular flexibility index (Phi) is 7.06. The molecule has 1 unspecified atom stereocenters. The third-order valence-electron chi connectivity index (χ3n) is 4.02. The molecule has 0 aliphatic heterocycles. The monoisotopic (exact) mass is 389 g/mol. The van der Waals surface area contributed by atoms with Crippen molar-refractivity contribution in [1.82, 2.24) is 4.31 Å². The van der Waals surface area contributed by atoms with Crippen molar-refractivity contribution in [2.75, 3.05) is 6.54 Å². The third-order valence-corrected chi connectivity index (χ3v) is 5.87. The van der Waals surface area contributed by atoms with Gasteiger partial charge in [-0.15, -0.1) is 6.58 Å². The van der Waals surface area contributed by atoms with Crippen LogP contribution in [0.15, 0.2) is 96.5 Å². The van der Waals surface area contributed by atoms with Crippen LogP contribution < -0.4 is 0 Å². The highest BCUT2D eigenvalue weighted by Crippen LogP contribution is 2.33. The van der Waals surface area contributed by atoms with Gasteiger partial charge >= 0.3 is 0 Å². The minimum atomic E-state index is -3.93. The number of hydrogen-bond acceptors (Lipinski definition) is 4. The minimum Gasteiger partial charge on any atom is -0.207 e. The zero-order valence-electron chi connectivity index (χ0n) is 15.2. The van der Waals surface area contributed by atoms with E-state index in [1.807, 2.05) is 6.07 Å². The molecule has 6 heteroatoms. The molecular formula is C22H19N3O2S. The molecule has 0 saturated heterocycles. The Bertz CT molecular complexity index is 1060. The zero-order valence-corrected chi connectivity index (χ0v) is 16.0. The van der Waals surface area contributed by atoms with Crippen LogP contribution in [0.25, 0.3) is 0 Å². The molecule has 28 heavy (non-hydrogen) atoms. The second-order valence-corrected chi connectivity index (χ2v) is 7.67. The van der Waals surface area contributed by atoms with Crippen LogP contribution in [0.3, 0.4) is 0 Å². The van der Waals surface area contributed by atoms with Gasteiger partial charge in [-0.05, 0) is 35.9 Å². The summed E-state index contributed by atoms with van der Waals surface area (Å²) in [6, 6.07) is 17.7. The standard InChI is InChI=1S/C22H19N3O2S/c1-3-8-20(17-24)22(19-13-11-18(16-23)12-14-19)25(15-4-2)28(26,27)21-9-6-5-7-10-21/h3-14,22H,1-2,15H2/b20-8+. The molecule has 0 saturated carbocycles. The van der Waals surface area contributed by atoms with Crippen molar-refractivity contribution in [3.63, 3.8) is 0 Å². The highest BCUT2D eigenvalue weighted by molar-refractivity contribution is 7.89. The quantitative estimate of drug-likeness (QED) is 0.386. The molecule has 0 bridgehead atoms. The van der Waals surface area contributed by atoms with E-state index in [9.17, 15) is 13.7 Å². The van der Waals surface area contributed by atoms with E-state index >= 15 is 0 Å². The van der Waals surface area contributed by atoms with Gasteiger partial charge in [0, 0.05) is 6.54 Å². The Balaban J connectivity index is 2.71. The van der Waals surface area contributed by atoms with Crippen molar-refractivity contribution in [3.05, 3.63) is 103 Å². The molecular weight excluding hydrogens is 370 g/mol. The Morgan fingerprint density at radius 3 is 2.21 bits per heavy atom. The predicted molar refractivity (Wildman–Crippen MR) is 108 cm³/mol. The van der Waals surface area contributed by atoms with E-state index in [-0.39, 0.29) is 17.0 Å². The SMILES string of the molecule is C=C/C=C(\C#N)C(c1ccc(C#N)cc1)N(CC=C)S(=O)(=O)c1ccccc1. The van der Waals surface area contributed by atoms with E-state index in [0.29, 0.717) is 11.1 Å². The average Bonchev–Trinajstić information content (AvgIpc) is 2.73. The maximum absolute atomic E-state index is 13.3. The van der Waals surface area contributed by atoms with Crippen LogP contribution in [0, 0.1) is 22.7 Å². The van der Waals surface area contributed by atoms with Gasteiger partial charge in [0.25, 0.3) is 0 Å². The number of rotatable bonds is 8. The number of allylic oxidation sites excluding steroid dienone is 2. The summed E-state index contributed by atoms with van der Waals surface area (Å²) < 4.78 is 27.9. The van der Waals surface area contributed by atoms with Crippen LogP contribution in [0.2, 0.25) is 0 Å². The van der Waals surface area contributed by atoms with Crippen molar-refractivity contribution in [1.29, 1.82) is 10.5 Å². The maximum atomic E-state index is 13.3. The van der Waals surface area contributed by atoms with Gasteiger partial charge in [-0.2, -0.15) is 14.8 Å². The molecule has 0 fully saturated rings. The fourth-order valence-electron chi connectivity index (χ4n) is 2.75. The van der Waals surface area contributed by atoms with Crippen LogP contribution in [-0.4, -0.2) is 19.3 Å². The molecule has 0 amide bonds. The van der Waals surface area contributed by atoms with Gasteiger partial charge in [0.05, 0.1) is 34.2 Å². The van der Waals surface area contributed by atoms with Crippen molar-refractivity contribution < 1.29 is 8.42 Å². The molecule has 2 aromatic rings. The van der Waals surface area contributed by atoms with E-state index in [4.69, 9.17) is 5.26 Å². The molecule has 5 nitrogen and oxygen atoms in total. The summed E-state index contributed by atoms with van der Waals surface area (Å²) in [7, 11) is -3.93. The van der Waals surface area contributed by atoms with Crippen molar-refractivity contribution in [2.24, 2.45) is 0 Å².